The highest BCUT2D eigenvalue weighted by Crippen LogP contribution is 2.35. The molecule has 0 fully saturated rings. The van der Waals surface area contributed by atoms with Gasteiger partial charge in [-0.15, -0.1) is 0 Å². The molecule has 1 rings (SSSR count). The molecule has 1 atom stereocenters. The van der Waals surface area contributed by atoms with Crippen molar-refractivity contribution < 1.29 is 9.47 Å². The first kappa shape index (κ1) is 12.4. The van der Waals surface area contributed by atoms with Gasteiger partial charge in [-0.25, -0.2) is 0 Å². The zero-order valence-electron chi connectivity index (χ0n) is 10.2. The van der Waals surface area contributed by atoms with Crippen molar-refractivity contribution in [2.45, 2.75) is 26.2 Å². The molecule has 0 saturated carbocycles. The van der Waals surface area contributed by atoms with Gasteiger partial charge in [0, 0.05) is 11.6 Å². The number of ether oxygens (including phenoxy) is 2. The Morgan fingerprint density at radius 2 is 2.00 bits per heavy atom. The Hall–Kier alpha value is -1.69. The largest absolute Gasteiger partial charge is 0.497 e. The fraction of sp³-hybridized carbons (Fsp3) is 0.462. The van der Waals surface area contributed by atoms with Crippen LogP contribution in [0.2, 0.25) is 0 Å². The van der Waals surface area contributed by atoms with Crippen LogP contribution >= 0.6 is 0 Å². The van der Waals surface area contributed by atoms with Crippen LogP contribution in [-0.4, -0.2) is 14.2 Å². The quantitative estimate of drug-likeness (QED) is 0.781. The van der Waals surface area contributed by atoms with E-state index < -0.39 is 0 Å². The molecule has 0 aliphatic rings. The molecule has 0 heterocycles. The Balaban J connectivity index is 3.32. The number of benzene rings is 1. The van der Waals surface area contributed by atoms with Gasteiger partial charge in [0.2, 0.25) is 0 Å². The topological polar surface area (TPSA) is 42.2 Å². The zero-order chi connectivity index (χ0) is 12.1. The monoisotopic (exact) mass is 219 g/mol. The first-order chi connectivity index (χ1) is 7.67. The molecule has 0 spiro atoms. The average molecular weight is 219 g/mol. The fourth-order valence-corrected chi connectivity index (χ4v) is 1.83. The van der Waals surface area contributed by atoms with Crippen LogP contribution in [0.25, 0.3) is 0 Å². The van der Waals surface area contributed by atoms with Crippen molar-refractivity contribution in [1.82, 2.24) is 0 Å². The predicted molar refractivity (Wildman–Crippen MR) is 62.9 cm³/mol. The molecule has 0 N–H and O–H groups in total. The van der Waals surface area contributed by atoms with Gasteiger partial charge < -0.3 is 9.47 Å². The Labute approximate surface area is 96.6 Å². The van der Waals surface area contributed by atoms with Gasteiger partial charge in [0.1, 0.15) is 11.5 Å². The van der Waals surface area contributed by atoms with Crippen molar-refractivity contribution >= 4 is 0 Å². The highest BCUT2D eigenvalue weighted by molar-refractivity contribution is 5.49. The third-order valence-corrected chi connectivity index (χ3v) is 2.69. The molecule has 0 aromatic heterocycles. The van der Waals surface area contributed by atoms with E-state index in [1.807, 2.05) is 26.0 Å². The van der Waals surface area contributed by atoms with Crippen molar-refractivity contribution in [3.05, 3.63) is 23.3 Å². The van der Waals surface area contributed by atoms with Gasteiger partial charge in [-0.2, -0.15) is 5.26 Å². The van der Waals surface area contributed by atoms with E-state index in [9.17, 15) is 0 Å². The second-order valence-corrected chi connectivity index (χ2v) is 3.65. The van der Waals surface area contributed by atoms with Crippen LogP contribution in [0, 0.1) is 18.3 Å². The van der Waals surface area contributed by atoms with Crippen LogP contribution in [0.1, 0.15) is 30.4 Å². The molecular formula is C13H17NO2. The van der Waals surface area contributed by atoms with Crippen LogP contribution in [0.3, 0.4) is 0 Å². The Morgan fingerprint density at radius 1 is 1.31 bits per heavy atom. The highest BCUT2D eigenvalue weighted by Gasteiger charge is 2.17. The molecule has 3 nitrogen and oxygen atoms in total. The summed E-state index contributed by atoms with van der Waals surface area (Å²) in [5.74, 6) is 1.36. The standard InChI is InChI=1S/C13H17NO2/c1-5-10(8-14)13-9(2)6-11(15-3)7-12(13)16-4/h6-7,10H,5H2,1-4H3. The van der Waals surface area contributed by atoms with Gasteiger partial charge in [0.05, 0.1) is 26.2 Å². The minimum atomic E-state index is -0.124. The smallest absolute Gasteiger partial charge is 0.127 e. The summed E-state index contributed by atoms with van der Waals surface area (Å²) in [7, 11) is 3.23. The van der Waals surface area contributed by atoms with Crippen molar-refractivity contribution in [2.24, 2.45) is 0 Å². The number of hydrogen-bond donors (Lipinski definition) is 0. The molecule has 3 heteroatoms. The van der Waals surface area contributed by atoms with E-state index in [0.717, 1.165) is 29.0 Å². The number of nitrogens with zero attached hydrogens (tertiary/aromatic N) is 1. The second kappa shape index (κ2) is 5.41. The third-order valence-electron chi connectivity index (χ3n) is 2.69. The van der Waals surface area contributed by atoms with Gasteiger partial charge in [-0.3, -0.25) is 0 Å². The van der Waals surface area contributed by atoms with Crippen molar-refractivity contribution in [2.75, 3.05) is 14.2 Å². The van der Waals surface area contributed by atoms with Crippen LogP contribution < -0.4 is 9.47 Å². The molecule has 0 radical (unpaired) electrons. The summed E-state index contributed by atoms with van der Waals surface area (Å²) in [6, 6.07) is 6.05. The van der Waals surface area contributed by atoms with E-state index in [1.165, 1.54) is 0 Å². The molecule has 16 heavy (non-hydrogen) atoms. The summed E-state index contributed by atoms with van der Waals surface area (Å²) < 4.78 is 10.5. The molecule has 0 aliphatic carbocycles. The normalized spacial score (nSPS) is 11.7. The fourth-order valence-electron chi connectivity index (χ4n) is 1.83. The maximum absolute atomic E-state index is 9.11. The minimum Gasteiger partial charge on any atom is -0.497 e. The summed E-state index contributed by atoms with van der Waals surface area (Å²) in [4.78, 5) is 0. The molecule has 0 amide bonds. The summed E-state index contributed by atoms with van der Waals surface area (Å²) in [5.41, 5.74) is 2.00. The van der Waals surface area contributed by atoms with Gasteiger partial charge >= 0.3 is 0 Å². The Kier molecular flexibility index (Phi) is 4.19. The lowest BCUT2D eigenvalue weighted by atomic mass is 9.92. The lowest BCUT2D eigenvalue weighted by molar-refractivity contribution is 0.389. The summed E-state index contributed by atoms with van der Waals surface area (Å²) in [6.45, 7) is 3.97. The SMILES string of the molecule is CCC(C#N)c1c(C)cc(OC)cc1OC. The highest BCUT2D eigenvalue weighted by atomic mass is 16.5. The van der Waals surface area contributed by atoms with E-state index in [1.54, 1.807) is 14.2 Å². The van der Waals surface area contributed by atoms with Gasteiger partial charge in [-0.05, 0) is 25.0 Å². The van der Waals surface area contributed by atoms with E-state index in [-0.39, 0.29) is 5.92 Å². The average Bonchev–Trinajstić information content (AvgIpc) is 2.31. The second-order valence-electron chi connectivity index (χ2n) is 3.65. The lowest BCUT2D eigenvalue weighted by Gasteiger charge is -2.16. The molecule has 0 bridgehead atoms. The van der Waals surface area contributed by atoms with Crippen molar-refractivity contribution in [3.8, 4) is 17.6 Å². The number of aryl methyl sites for hydroxylation is 1. The molecule has 0 saturated heterocycles. The number of nitriles is 1. The molecule has 1 aromatic carbocycles. The van der Waals surface area contributed by atoms with E-state index >= 15 is 0 Å². The summed E-state index contributed by atoms with van der Waals surface area (Å²) in [6.07, 6.45) is 0.778. The van der Waals surface area contributed by atoms with Gasteiger partial charge in [0.25, 0.3) is 0 Å². The van der Waals surface area contributed by atoms with E-state index in [0.29, 0.717) is 0 Å². The van der Waals surface area contributed by atoms with Crippen molar-refractivity contribution in [1.29, 1.82) is 5.26 Å². The maximum atomic E-state index is 9.11. The minimum absolute atomic E-state index is 0.124. The predicted octanol–water partition coefficient (Wildman–Crippen LogP) is 3.03. The van der Waals surface area contributed by atoms with Crippen LogP contribution in [0.5, 0.6) is 11.5 Å². The van der Waals surface area contributed by atoms with Gasteiger partial charge in [0.15, 0.2) is 0 Å². The van der Waals surface area contributed by atoms with E-state index in [4.69, 9.17) is 14.7 Å². The molecule has 86 valence electrons. The number of rotatable bonds is 4. The maximum Gasteiger partial charge on any atom is 0.127 e. The van der Waals surface area contributed by atoms with Crippen LogP contribution in [0.15, 0.2) is 12.1 Å². The lowest BCUT2D eigenvalue weighted by Crippen LogP contribution is -2.02. The third kappa shape index (κ3) is 2.27. The first-order valence-corrected chi connectivity index (χ1v) is 5.30. The van der Waals surface area contributed by atoms with E-state index in [2.05, 4.69) is 6.07 Å². The van der Waals surface area contributed by atoms with Crippen LogP contribution in [0.4, 0.5) is 0 Å². The van der Waals surface area contributed by atoms with Crippen molar-refractivity contribution in [3.63, 3.8) is 0 Å². The van der Waals surface area contributed by atoms with Gasteiger partial charge in [-0.1, -0.05) is 6.92 Å². The van der Waals surface area contributed by atoms with Crippen LogP contribution in [-0.2, 0) is 0 Å². The number of methoxy groups -OCH3 is 2. The summed E-state index contributed by atoms with van der Waals surface area (Å²) in [5, 5.41) is 9.11. The summed E-state index contributed by atoms with van der Waals surface area (Å²) >= 11 is 0. The zero-order valence-corrected chi connectivity index (χ0v) is 10.2. The molecule has 1 unspecified atom stereocenters. The first-order valence-electron chi connectivity index (χ1n) is 5.30. The molecule has 0 aliphatic heterocycles. The molecule has 1 aromatic rings. The molecular weight excluding hydrogens is 202 g/mol. The Bertz CT molecular complexity index is 407. The Morgan fingerprint density at radius 3 is 2.44 bits per heavy atom. The number of hydrogen-bond acceptors (Lipinski definition) is 3.